The van der Waals surface area contributed by atoms with Crippen molar-refractivity contribution < 1.29 is 22.8 Å². The van der Waals surface area contributed by atoms with Gasteiger partial charge >= 0.3 is 6.18 Å². The van der Waals surface area contributed by atoms with Crippen LogP contribution in [0.4, 0.5) is 24.7 Å². The summed E-state index contributed by atoms with van der Waals surface area (Å²) in [5, 5.41) is 17.8. The van der Waals surface area contributed by atoms with Crippen LogP contribution in [0.25, 0.3) is 16.9 Å². The second-order valence-corrected chi connectivity index (χ2v) is 9.68. The molecule has 0 spiro atoms. The van der Waals surface area contributed by atoms with Gasteiger partial charge in [-0.2, -0.15) is 18.3 Å². The number of nitrogens with zero attached hydrogens (tertiary/aromatic N) is 4. The number of aryl methyl sites for hydroxylation is 1. The Bertz CT molecular complexity index is 1540. The molecule has 0 radical (unpaired) electrons. The van der Waals surface area contributed by atoms with Crippen molar-refractivity contribution in [1.82, 2.24) is 40.5 Å². The molecule has 0 bridgehead atoms. The Hall–Kier alpha value is -4.46. The zero-order valence-electron chi connectivity index (χ0n) is 22.3. The molecule has 0 unspecified atom stereocenters. The van der Waals surface area contributed by atoms with Crippen LogP contribution in [-0.2, 0) is 17.4 Å². The first-order valence-corrected chi connectivity index (χ1v) is 13.4. The minimum atomic E-state index is -4.63. The predicted octanol–water partition coefficient (Wildman–Crippen LogP) is 3.29. The van der Waals surface area contributed by atoms with E-state index in [1.165, 1.54) is 29.2 Å². The standard InChI is InChI=1S/C27H30F3N9O2/c1-2-16-13-18(3-4-19(16)26(41)34-10-9-33-25(40)17-5-7-31-8-6-17)37-23-24-35-15-21(39(24)12-11-32-23)20-14-36-38-22(20)27(28,29)30/h3-4,11-15,17,31H,2,5-10H2,1H3,(H,32,37)(H,33,40)(H,34,41)(H,36,38). The summed E-state index contributed by atoms with van der Waals surface area (Å²) in [5.74, 6) is 0.114. The van der Waals surface area contributed by atoms with Gasteiger partial charge in [-0.25, -0.2) is 9.97 Å². The summed E-state index contributed by atoms with van der Waals surface area (Å²) >= 11 is 0. The van der Waals surface area contributed by atoms with Gasteiger partial charge in [-0.3, -0.25) is 19.1 Å². The van der Waals surface area contributed by atoms with Crippen molar-refractivity contribution in [2.45, 2.75) is 32.4 Å². The molecule has 3 aromatic heterocycles. The highest BCUT2D eigenvalue weighted by molar-refractivity contribution is 5.96. The molecule has 1 aromatic carbocycles. The van der Waals surface area contributed by atoms with Crippen molar-refractivity contribution in [1.29, 1.82) is 0 Å². The number of imidazole rings is 1. The molecular formula is C27H30F3N9O2. The van der Waals surface area contributed by atoms with Crippen LogP contribution in [-0.4, -0.2) is 62.6 Å². The lowest BCUT2D eigenvalue weighted by atomic mass is 9.97. The lowest BCUT2D eigenvalue weighted by Gasteiger charge is -2.21. The van der Waals surface area contributed by atoms with E-state index >= 15 is 0 Å². The number of rotatable bonds is 9. The Morgan fingerprint density at radius 3 is 2.66 bits per heavy atom. The number of halogens is 3. The number of nitrogens with one attached hydrogen (secondary N) is 5. The summed E-state index contributed by atoms with van der Waals surface area (Å²) in [7, 11) is 0. The van der Waals surface area contributed by atoms with Crippen LogP contribution in [0, 0.1) is 5.92 Å². The SMILES string of the molecule is CCc1cc(Nc2nccn3c(-c4c[nH]nc4C(F)(F)F)cnc23)ccc1C(=O)NCCNC(=O)C1CCNCC1. The van der Waals surface area contributed by atoms with E-state index in [1.807, 2.05) is 13.0 Å². The van der Waals surface area contributed by atoms with E-state index in [-0.39, 0.29) is 29.0 Å². The van der Waals surface area contributed by atoms with Crippen LogP contribution in [0.15, 0.2) is 43.0 Å². The van der Waals surface area contributed by atoms with Gasteiger partial charge in [-0.05, 0) is 56.1 Å². The first-order valence-electron chi connectivity index (χ1n) is 13.4. The highest BCUT2D eigenvalue weighted by Gasteiger charge is 2.37. The molecule has 4 heterocycles. The Morgan fingerprint density at radius 1 is 1.12 bits per heavy atom. The quantitative estimate of drug-likeness (QED) is 0.195. The maximum atomic E-state index is 13.4. The molecule has 2 amide bonds. The molecular weight excluding hydrogens is 539 g/mol. The van der Waals surface area contributed by atoms with Gasteiger partial charge in [0.25, 0.3) is 5.91 Å². The summed E-state index contributed by atoms with van der Waals surface area (Å²) in [6.45, 7) is 4.25. The third-order valence-corrected chi connectivity index (χ3v) is 7.03. The molecule has 1 aliphatic heterocycles. The molecule has 0 aliphatic carbocycles. The van der Waals surface area contributed by atoms with Crippen molar-refractivity contribution in [2.24, 2.45) is 5.92 Å². The van der Waals surface area contributed by atoms with Gasteiger partial charge < -0.3 is 21.3 Å². The summed E-state index contributed by atoms with van der Waals surface area (Å²) in [6.07, 6.45) is 3.08. The number of aromatic amines is 1. The van der Waals surface area contributed by atoms with Crippen LogP contribution in [0.1, 0.15) is 41.4 Å². The fourth-order valence-corrected chi connectivity index (χ4v) is 4.92. The van der Waals surface area contributed by atoms with Crippen LogP contribution in [0.5, 0.6) is 0 Å². The van der Waals surface area contributed by atoms with E-state index < -0.39 is 11.9 Å². The van der Waals surface area contributed by atoms with E-state index in [0.29, 0.717) is 42.2 Å². The van der Waals surface area contributed by atoms with E-state index in [1.54, 1.807) is 12.1 Å². The summed E-state index contributed by atoms with van der Waals surface area (Å²) < 4.78 is 41.7. The molecule has 1 aliphatic rings. The summed E-state index contributed by atoms with van der Waals surface area (Å²) in [6, 6.07) is 5.24. The highest BCUT2D eigenvalue weighted by Crippen LogP contribution is 2.36. The molecule has 14 heteroatoms. The number of carbonyl (C=O) groups excluding carboxylic acids is 2. The Kier molecular flexibility index (Phi) is 8.19. The normalized spacial score (nSPS) is 14.2. The highest BCUT2D eigenvalue weighted by atomic mass is 19.4. The number of alkyl halides is 3. The Balaban J connectivity index is 1.26. The fraction of sp³-hybridized carbons (Fsp3) is 0.370. The number of anilines is 2. The largest absolute Gasteiger partial charge is 0.435 e. The zero-order chi connectivity index (χ0) is 29.0. The molecule has 0 atom stereocenters. The van der Waals surface area contributed by atoms with E-state index in [0.717, 1.165) is 31.5 Å². The molecule has 41 heavy (non-hydrogen) atoms. The van der Waals surface area contributed by atoms with Gasteiger partial charge in [0.15, 0.2) is 17.2 Å². The number of piperidine rings is 1. The van der Waals surface area contributed by atoms with Crippen molar-refractivity contribution in [2.75, 3.05) is 31.5 Å². The second kappa shape index (κ2) is 12.0. The lowest BCUT2D eigenvalue weighted by molar-refractivity contribution is -0.140. The molecule has 0 saturated carbocycles. The van der Waals surface area contributed by atoms with Gasteiger partial charge in [0, 0.05) is 48.8 Å². The molecule has 1 fully saturated rings. The van der Waals surface area contributed by atoms with Crippen LogP contribution in [0.3, 0.4) is 0 Å². The van der Waals surface area contributed by atoms with E-state index in [4.69, 9.17) is 0 Å². The third-order valence-electron chi connectivity index (χ3n) is 7.03. The van der Waals surface area contributed by atoms with Crippen molar-refractivity contribution >= 4 is 29.0 Å². The molecule has 11 nitrogen and oxygen atoms in total. The van der Waals surface area contributed by atoms with Crippen molar-refractivity contribution in [3.05, 3.63) is 59.8 Å². The maximum absolute atomic E-state index is 13.4. The number of amides is 2. The minimum Gasteiger partial charge on any atom is -0.354 e. The minimum absolute atomic E-state index is 0.00982. The molecule has 5 N–H and O–H groups in total. The van der Waals surface area contributed by atoms with Crippen LogP contribution >= 0.6 is 0 Å². The number of hydrogen-bond acceptors (Lipinski definition) is 7. The van der Waals surface area contributed by atoms with E-state index in [2.05, 4.69) is 41.4 Å². The number of hydrogen-bond donors (Lipinski definition) is 5. The van der Waals surface area contributed by atoms with Gasteiger partial charge in [0.1, 0.15) is 0 Å². The summed E-state index contributed by atoms with van der Waals surface area (Å²) in [4.78, 5) is 33.8. The van der Waals surface area contributed by atoms with Crippen molar-refractivity contribution in [3.63, 3.8) is 0 Å². The van der Waals surface area contributed by atoms with Gasteiger partial charge in [-0.15, -0.1) is 0 Å². The second-order valence-electron chi connectivity index (χ2n) is 9.68. The van der Waals surface area contributed by atoms with E-state index in [9.17, 15) is 22.8 Å². The zero-order valence-corrected chi connectivity index (χ0v) is 22.3. The molecule has 5 rings (SSSR count). The van der Waals surface area contributed by atoms with Gasteiger partial charge in [0.05, 0.1) is 17.5 Å². The first-order chi connectivity index (χ1) is 19.8. The topological polar surface area (TPSA) is 141 Å². The molecule has 216 valence electrons. The predicted molar refractivity (Wildman–Crippen MR) is 146 cm³/mol. The van der Waals surface area contributed by atoms with Gasteiger partial charge in [-0.1, -0.05) is 6.92 Å². The first kappa shape index (κ1) is 28.1. The maximum Gasteiger partial charge on any atom is 0.435 e. The number of H-pyrrole nitrogens is 1. The fourth-order valence-electron chi connectivity index (χ4n) is 4.92. The lowest BCUT2D eigenvalue weighted by Crippen LogP contribution is -2.41. The number of aromatic nitrogens is 5. The average Bonchev–Trinajstić information content (AvgIpc) is 3.63. The monoisotopic (exact) mass is 569 g/mol. The Labute approximate surface area is 233 Å². The number of carbonyl (C=O) groups is 2. The Morgan fingerprint density at radius 2 is 1.90 bits per heavy atom. The van der Waals surface area contributed by atoms with Crippen LogP contribution < -0.4 is 21.3 Å². The smallest absolute Gasteiger partial charge is 0.354 e. The summed E-state index contributed by atoms with van der Waals surface area (Å²) in [5.41, 5.74) is 1.31. The number of benzene rings is 1. The van der Waals surface area contributed by atoms with Crippen molar-refractivity contribution in [3.8, 4) is 11.3 Å². The molecule has 4 aromatic rings. The third kappa shape index (κ3) is 6.16. The average molecular weight is 570 g/mol. The van der Waals surface area contributed by atoms with Crippen LogP contribution in [0.2, 0.25) is 0 Å². The molecule has 1 saturated heterocycles. The number of fused-ring (bicyclic) bond motifs is 1. The van der Waals surface area contributed by atoms with Gasteiger partial charge in [0.2, 0.25) is 5.91 Å².